The summed E-state index contributed by atoms with van der Waals surface area (Å²) in [6, 6.07) is 3.75. The first-order chi connectivity index (χ1) is 6.21. The van der Waals surface area contributed by atoms with E-state index in [4.69, 9.17) is 5.14 Å². The lowest BCUT2D eigenvalue weighted by Gasteiger charge is -1.98. The molecule has 0 bridgehead atoms. The van der Waals surface area contributed by atoms with Crippen LogP contribution < -0.4 is 5.14 Å². The third kappa shape index (κ3) is 2.50. The van der Waals surface area contributed by atoms with E-state index >= 15 is 0 Å². The summed E-state index contributed by atoms with van der Waals surface area (Å²) in [6.45, 7) is 0. The van der Waals surface area contributed by atoms with Crippen LogP contribution in [0.15, 0.2) is 34.1 Å². The molecule has 5 nitrogen and oxygen atoms in total. The van der Waals surface area contributed by atoms with Gasteiger partial charge in [-0.3, -0.25) is 0 Å². The zero-order chi connectivity index (χ0) is 11.0. The molecule has 0 fully saturated rings. The Labute approximate surface area is 80.6 Å². The van der Waals surface area contributed by atoms with E-state index < -0.39 is 30.0 Å². The van der Waals surface area contributed by atoms with Gasteiger partial charge in [0.25, 0.3) is 0 Å². The van der Waals surface area contributed by atoms with Gasteiger partial charge in [0.2, 0.25) is 10.0 Å². The summed E-state index contributed by atoms with van der Waals surface area (Å²) >= 11 is 0. The van der Waals surface area contributed by atoms with Gasteiger partial charge in [-0.05, 0) is 18.2 Å². The van der Waals surface area contributed by atoms with Crippen molar-refractivity contribution in [3.63, 3.8) is 0 Å². The molecule has 0 aromatic heterocycles. The van der Waals surface area contributed by atoms with Crippen LogP contribution in [0.2, 0.25) is 0 Å². The molecule has 14 heavy (non-hydrogen) atoms. The second-order valence-corrected chi connectivity index (χ2v) is 5.37. The minimum atomic E-state index is -4.91. The maximum atomic E-state index is 12.4. The summed E-state index contributed by atoms with van der Waals surface area (Å²) in [7, 11) is -8.92. The molecule has 1 aromatic rings. The Morgan fingerprint density at radius 3 is 2.00 bits per heavy atom. The standard InChI is InChI=1S/C6H6FNO4S2/c7-13(9,10)5-2-1-3-6(4-5)14(8,11)12/h1-4H,(H2,8,11,12). The van der Waals surface area contributed by atoms with Crippen LogP contribution in [0.3, 0.4) is 0 Å². The average molecular weight is 239 g/mol. The van der Waals surface area contributed by atoms with Gasteiger partial charge in [0.15, 0.2) is 0 Å². The molecule has 0 saturated carbocycles. The molecular formula is C6H6FNO4S2. The summed E-state index contributed by atoms with van der Waals surface area (Å²) in [5.41, 5.74) is 0. The van der Waals surface area contributed by atoms with E-state index in [9.17, 15) is 20.7 Å². The summed E-state index contributed by atoms with van der Waals surface area (Å²) in [5.74, 6) is 0. The van der Waals surface area contributed by atoms with Crippen molar-refractivity contribution < 1.29 is 20.7 Å². The van der Waals surface area contributed by atoms with Crippen molar-refractivity contribution in [2.75, 3.05) is 0 Å². The number of benzene rings is 1. The van der Waals surface area contributed by atoms with Crippen molar-refractivity contribution in [2.45, 2.75) is 9.79 Å². The Bertz CT molecular complexity index is 502. The number of rotatable bonds is 2. The number of hydrogen-bond acceptors (Lipinski definition) is 4. The monoisotopic (exact) mass is 239 g/mol. The lowest BCUT2D eigenvalue weighted by Crippen LogP contribution is -2.12. The fraction of sp³-hybridized carbons (Fsp3) is 0. The third-order valence-corrected chi connectivity index (χ3v) is 3.14. The second kappa shape index (κ2) is 3.30. The van der Waals surface area contributed by atoms with Gasteiger partial charge in [0.05, 0.1) is 9.79 Å². The van der Waals surface area contributed by atoms with Crippen molar-refractivity contribution >= 4 is 20.2 Å². The molecule has 1 aromatic carbocycles. The van der Waals surface area contributed by atoms with Crippen LogP contribution in [-0.4, -0.2) is 16.8 Å². The summed E-state index contributed by atoms with van der Waals surface area (Å²) in [4.78, 5) is -1.18. The van der Waals surface area contributed by atoms with E-state index in [1.54, 1.807) is 0 Å². The molecule has 0 aliphatic rings. The quantitative estimate of drug-likeness (QED) is 0.734. The Kier molecular flexibility index (Phi) is 2.61. The lowest BCUT2D eigenvalue weighted by molar-refractivity contribution is 0.552. The molecule has 8 heteroatoms. The molecular weight excluding hydrogens is 233 g/mol. The van der Waals surface area contributed by atoms with Crippen molar-refractivity contribution in [2.24, 2.45) is 5.14 Å². The number of nitrogens with two attached hydrogens (primary N) is 1. The van der Waals surface area contributed by atoms with Gasteiger partial charge >= 0.3 is 10.2 Å². The van der Waals surface area contributed by atoms with Crippen LogP contribution in [0, 0.1) is 0 Å². The average Bonchev–Trinajstić information content (AvgIpc) is 2.01. The maximum absolute atomic E-state index is 12.4. The maximum Gasteiger partial charge on any atom is 0.332 e. The SMILES string of the molecule is NS(=O)(=O)c1cccc(S(=O)(=O)F)c1. The molecule has 0 atom stereocenters. The van der Waals surface area contributed by atoms with E-state index in [1.807, 2.05) is 0 Å². The molecule has 0 heterocycles. The van der Waals surface area contributed by atoms with E-state index in [1.165, 1.54) is 0 Å². The largest absolute Gasteiger partial charge is 0.332 e. The van der Waals surface area contributed by atoms with E-state index in [-0.39, 0.29) is 0 Å². The zero-order valence-electron chi connectivity index (χ0n) is 6.71. The topological polar surface area (TPSA) is 94.3 Å². The van der Waals surface area contributed by atoms with Crippen molar-refractivity contribution in [3.05, 3.63) is 24.3 Å². The number of hydrogen-bond donors (Lipinski definition) is 1. The molecule has 0 unspecified atom stereocenters. The predicted molar refractivity (Wildman–Crippen MR) is 46.1 cm³/mol. The first-order valence-electron chi connectivity index (χ1n) is 3.29. The van der Waals surface area contributed by atoms with Crippen LogP contribution in [0.4, 0.5) is 3.89 Å². The number of halogens is 1. The smallest absolute Gasteiger partial charge is 0.225 e. The third-order valence-electron chi connectivity index (χ3n) is 1.42. The Balaban J connectivity index is 3.44. The van der Waals surface area contributed by atoms with Crippen LogP contribution in [0.5, 0.6) is 0 Å². The fourth-order valence-corrected chi connectivity index (χ4v) is 1.95. The van der Waals surface area contributed by atoms with E-state index in [0.29, 0.717) is 6.07 Å². The fourth-order valence-electron chi connectivity index (χ4n) is 0.803. The molecule has 0 radical (unpaired) electrons. The van der Waals surface area contributed by atoms with Gasteiger partial charge in [0, 0.05) is 0 Å². The molecule has 0 amide bonds. The van der Waals surface area contributed by atoms with Crippen LogP contribution in [0.1, 0.15) is 0 Å². The van der Waals surface area contributed by atoms with Crippen LogP contribution in [0.25, 0.3) is 0 Å². The first kappa shape index (κ1) is 11.1. The van der Waals surface area contributed by atoms with Crippen molar-refractivity contribution in [1.29, 1.82) is 0 Å². The molecule has 2 N–H and O–H groups in total. The van der Waals surface area contributed by atoms with Crippen molar-refractivity contribution in [1.82, 2.24) is 0 Å². The highest BCUT2D eigenvalue weighted by atomic mass is 32.3. The first-order valence-corrected chi connectivity index (χ1v) is 6.22. The summed E-state index contributed by atoms with van der Waals surface area (Å²) in [5, 5.41) is 4.72. The molecule has 0 saturated heterocycles. The van der Waals surface area contributed by atoms with Gasteiger partial charge in [0.1, 0.15) is 0 Å². The minimum Gasteiger partial charge on any atom is -0.225 e. The Morgan fingerprint density at radius 2 is 1.57 bits per heavy atom. The summed E-state index contributed by atoms with van der Waals surface area (Å²) < 4.78 is 54.8. The van der Waals surface area contributed by atoms with E-state index in [2.05, 4.69) is 0 Å². The normalized spacial score (nSPS) is 12.7. The summed E-state index contributed by atoms with van der Waals surface area (Å²) in [6.07, 6.45) is 0. The molecule has 0 spiro atoms. The van der Waals surface area contributed by atoms with Gasteiger partial charge < -0.3 is 0 Å². The minimum absolute atomic E-state index is 0.448. The van der Waals surface area contributed by atoms with Gasteiger partial charge in [-0.2, -0.15) is 8.42 Å². The molecule has 78 valence electrons. The number of primary sulfonamides is 1. The number of sulfonamides is 1. The van der Waals surface area contributed by atoms with Gasteiger partial charge in [-0.15, -0.1) is 3.89 Å². The molecule has 1 rings (SSSR count). The van der Waals surface area contributed by atoms with Crippen LogP contribution in [-0.2, 0) is 20.2 Å². The molecule has 0 aliphatic heterocycles. The van der Waals surface area contributed by atoms with Gasteiger partial charge in [-0.1, -0.05) is 6.07 Å². The predicted octanol–water partition coefficient (Wildman–Crippen LogP) is -0.00780. The van der Waals surface area contributed by atoms with E-state index in [0.717, 1.165) is 18.2 Å². The highest BCUT2D eigenvalue weighted by molar-refractivity contribution is 7.89. The molecule has 0 aliphatic carbocycles. The Hall–Kier alpha value is -0.990. The Morgan fingerprint density at radius 1 is 1.07 bits per heavy atom. The van der Waals surface area contributed by atoms with Gasteiger partial charge in [-0.25, -0.2) is 13.6 Å². The highest BCUT2D eigenvalue weighted by Gasteiger charge is 2.15. The van der Waals surface area contributed by atoms with Crippen LogP contribution >= 0.6 is 0 Å². The van der Waals surface area contributed by atoms with Crippen molar-refractivity contribution in [3.8, 4) is 0 Å². The highest BCUT2D eigenvalue weighted by Crippen LogP contribution is 2.16. The second-order valence-electron chi connectivity index (χ2n) is 2.46. The lowest BCUT2D eigenvalue weighted by atomic mass is 10.4. The zero-order valence-corrected chi connectivity index (χ0v) is 8.35.